The van der Waals surface area contributed by atoms with Gasteiger partial charge in [-0.15, -0.1) is 0 Å². The molecular formula is C21H26Cl3NO2. The highest BCUT2D eigenvalue weighted by Gasteiger charge is 2.12. The van der Waals surface area contributed by atoms with Crippen LogP contribution < -0.4 is 14.8 Å². The summed E-state index contributed by atoms with van der Waals surface area (Å²) in [5.74, 6) is 1.94. The maximum absolute atomic E-state index is 6.46. The lowest BCUT2D eigenvalue weighted by molar-refractivity contribution is 0.269. The van der Waals surface area contributed by atoms with E-state index in [9.17, 15) is 0 Å². The molecule has 1 N–H and O–H groups in total. The number of benzene rings is 2. The van der Waals surface area contributed by atoms with Crippen LogP contribution in [0.3, 0.4) is 0 Å². The van der Waals surface area contributed by atoms with Crippen LogP contribution in [0.4, 0.5) is 0 Å². The van der Waals surface area contributed by atoms with E-state index < -0.39 is 0 Å². The standard InChI is InChI=1S/C21H26Cl3NO2/c1-4-26-20-9-16(12-25-8-7-14(2)3)19(24)11-21(20)27-13-15-5-6-17(22)10-18(15)23/h5-6,9-11,14,25H,4,7-8,12-13H2,1-3H3. The maximum Gasteiger partial charge on any atom is 0.163 e. The molecule has 0 atom stereocenters. The SMILES string of the molecule is CCOc1cc(CNCCC(C)C)c(Cl)cc1OCc1ccc(Cl)cc1Cl. The van der Waals surface area contributed by atoms with E-state index >= 15 is 0 Å². The Balaban J connectivity index is 2.09. The van der Waals surface area contributed by atoms with Gasteiger partial charge in [0.2, 0.25) is 0 Å². The number of rotatable bonds is 10. The molecule has 6 heteroatoms. The van der Waals surface area contributed by atoms with Crippen LogP contribution in [-0.4, -0.2) is 13.2 Å². The second-order valence-electron chi connectivity index (χ2n) is 6.71. The normalized spacial score (nSPS) is 11.1. The average Bonchev–Trinajstić information content (AvgIpc) is 2.60. The average molecular weight is 431 g/mol. The van der Waals surface area contributed by atoms with Crippen molar-refractivity contribution in [2.45, 2.75) is 40.3 Å². The van der Waals surface area contributed by atoms with E-state index in [1.807, 2.05) is 19.1 Å². The van der Waals surface area contributed by atoms with E-state index in [0.717, 1.165) is 24.1 Å². The molecule has 0 bridgehead atoms. The largest absolute Gasteiger partial charge is 0.490 e. The number of nitrogens with one attached hydrogen (secondary N) is 1. The van der Waals surface area contributed by atoms with E-state index in [2.05, 4.69) is 19.2 Å². The van der Waals surface area contributed by atoms with Crippen LogP contribution >= 0.6 is 34.8 Å². The van der Waals surface area contributed by atoms with Crippen molar-refractivity contribution in [1.29, 1.82) is 0 Å². The molecule has 0 spiro atoms. The Morgan fingerprint density at radius 3 is 2.30 bits per heavy atom. The topological polar surface area (TPSA) is 30.5 Å². The molecule has 3 nitrogen and oxygen atoms in total. The molecule has 148 valence electrons. The third-order valence-electron chi connectivity index (χ3n) is 4.02. The van der Waals surface area contributed by atoms with Crippen LogP contribution in [0.15, 0.2) is 30.3 Å². The van der Waals surface area contributed by atoms with Crippen LogP contribution in [0.1, 0.15) is 38.3 Å². The summed E-state index contributed by atoms with van der Waals surface area (Å²) in [6.45, 7) is 8.84. The molecule has 27 heavy (non-hydrogen) atoms. The van der Waals surface area contributed by atoms with Gasteiger partial charge in [-0.05, 0) is 49.6 Å². The summed E-state index contributed by atoms with van der Waals surface area (Å²) < 4.78 is 11.7. The molecule has 0 aromatic heterocycles. The van der Waals surface area contributed by atoms with Gasteiger partial charge in [-0.25, -0.2) is 0 Å². The van der Waals surface area contributed by atoms with Gasteiger partial charge in [0.25, 0.3) is 0 Å². The molecule has 0 aliphatic rings. The lowest BCUT2D eigenvalue weighted by Crippen LogP contribution is -2.16. The highest BCUT2D eigenvalue weighted by atomic mass is 35.5. The molecule has 0 saturated carbocycles. The Bertz CT molecular complexity index is 750. The summed E-state index contributed by atoms with van der Waals surface area (Å²) in [5, 5.41) is 5.23. The van der Waals surface area contributed by atoms with E-state index in [0.29, 0.717) is 52.2 Å². The molecule has 0 saturated heterocycles. The summed E-state index contributed by atoms with van der Waals surface area (Å²) in [5.41, 5.74) is 1.83. The zero-order valence-corrected chi connectivity index (χ0v) is 18.2. The van der Waals surface area contributed by atoms with Gasteiger partial charge in [0.05, 0.1) is 6.61 Å². The Labute approximate surface area is 176 Å². The summed E-state index contributed by atoms with van der Waals surface area (Å²) in [7, 11) is 0. The van der Waals surface area contributed by atoms with Crippen LogP contribution in [-0.2, 0) is 13.2 Å². The molecule has 0 aliphatic heterocycles. The van der Waals surface area contributed by atoms with Crippen molar-refractivity contribution in [2.75, 3.05) is 13.2 Å². The molecule has 2 rings (SSSR count). The molecule has 2 aromatic carbocycles. The molecular weight excluding hydrogens is 405 g/mol. The van der Waals surface area contributed by atoms with Gasteiger partial charge in [-0.3, -0.25) is 0 Å². The first-order chi connectivity index (χ1) is 12.9. The van der Waals surface area contributed by atoms with Crippen molar-refractivity contribution in [3.8, 4) is 11.5 Å². The molecule has 2 aromatic rings. The van der Waals surface area contributed by atoms with Crippen LogP contribution in [0.5, 0.6) is 11.5 Å². The van der Waals surface area contributed by atoms with Gasteiger partial charge < -0.3 is 14.8 Å². The number of ether oxygens (including phenoxy) is 2. The fourth-order valence-corrected chi connectivity index (χ4v) is 3.19. The van der Waals surface area contributed by atoms with Gasteiger partial charge >= 0.3 is 0 Å². The van der Waals surface area contributed by atoms with E-state index in [1.165, 1.54) is 0 Å². The van der Waals surface area contributed by atoms with E-state index in [1.54, 1.807) is 18.2 Å². The van der Waals surface area contributed by atoms with E-state index in [-0.39, 0.29) is 0 Å². The van der Waals surface area contributed by atoms with Crippen molar-refractivity contribution >= 4 is 34.8 Å². The van der Waals surface area contributed by atoms with Gasteiger partial charge in [0.15, 0.2) is 11.5 Å². The Morgan fingerprint density at radius 1 is 0.926 bits per heavy atom. The molecule has 0 aliphatic carbocycles. The van der Waals surface area contributed by atoms with Crippen LogP contribution in [0.25, 0.3) is 0 Å². The molecule has 0 radical (unpaired) electrons. The first-order valence-electron chi connectivity index (χ1n) is 9.13. The predicted molar refractivity (Wildman–Crippen MR) is 115 cm³/mol. The Hall–Kier alpha value is -1.13. The fourth-order valence-electron chi connectivity index (χ4n) is 2.50. The molecule has 0 fully saturated rings. The minimum atomic E-state index is 0.304. The summed E-state index contributed by atoms with van der Waals surface area (Å²) >= 11 is 18.6. The Morgan fingerprint density at radius 2 is 1.63 bits per heavy atom. The molecule has 0 amide bonds. The summed E-state index contributed by atoms with van der Waals surface area (Å²) in [4.78, 5) is 0. The van der Waals surface area contributed by atoms with Crippen LogP contribution in [0, 0.1) is 5.92 Å². The first-order valence-corrected chi connectivity index (χ1v) is 10.3. The van der Waals surface area contributed by atoms with Crippen molar-refractivity contribution < 1.29 is 9.47 Å². The van der Waals surface area contributed by atoms with Crippen molar-refractivity contribution in [3.05, 3.63) is 56.5 Å². The smallest absolute Gasteiger partial charge is 0.163 e. The maximum atomic E-state index is 6.46. The van der Waals surface area contributed by atoms with Gasteiger partial charge in [0, 0.05) is 33.2 Å². The third-order valence-corrected chi connectivity index (χ3v) is 4.96. The minimum Gasteiger partial charge on any atom is -0.490 e. The summed E-state index contributed by atoms with van der Waals surface area (Å²) in [6.07, 6.45) is 1.12. The highest BCUT2D eigenvalue weighted by Crippen LogP contribution is 2.35. The zero-order valence-electron chi connectivity index (χ0n) is 16.0. The molecule has 0 heterocycles. The zero-order chi connectivity index (χ0) is 19.8. The van der Waals surface area contributed by atoms with Gasteiger partial charge in [-0.1, -0.05) is 54.7 Å². The Kier molecular flexibility index (Phi) is 9.04. The predicted octanol–water partition coefficient (Wildman–Crippen LogP) is 6.76. The van der Waals surface area contributed by atoms with Gasteiger partial charge in [0.1, 0.15) is 6.61 Å². The monoisotopic (exact) mass is 429 g/mol. The highest BCUT2D eigenvalue weighted by molar-refractivity contribution is 6.35. The number of hydrogen-bond donors (Lipinski definition) is 1. The van der Waals surface area contributed by atoms with Crippen molar-refractivity contribution in [2.24, 2.45) is 5.92 Å². The fraction of sp³-hybridized carbons (Fsp3) is 0.429. The van der Waals surface area contributed by atoms with Crippen LogP contribution in [0.2, 0.25) is 15.1 Å². The lowest BCUT2D eigenvalue weighted by atomic mass is 10.1. The van der Waals surface area contributed by atoms with Crippen molar-refractivity contribution in [1.82, 2.24) is 5.32 Å². The number of hydrogen-bond acceptors (Lipinski definition) is 3. The number of halogens is 3. The minimum absolute atomic E-state index is 0.304. The van der Waals surface area contributed by atoms with Gasteiger partial charge in [-0.2, -0.15) is 0 Å². The lowest BCUT2D eigenvalue weighted by Gasteiger charge is -2.16. The molecule has 0 unspecified atom stereocenters. The van der Waals surface area contributed by atoms with E-state index in [4.69, 9.17) is 44.3 Å². The third kappa shape index (κ3) is 7.08. The second kappa shape index (κ2) is 11.0. The second-order valence-corrected chi connectivity index (χ2v) is 7.96. The quantitative estimate of drug-likeness (QED) is 0.422. The first kappa shape index (κ1) is 22.2. The summed E-state index contributed by atoms with van der Waals surface area (Å²) in [6, 6.07) is 9.07. The van der Waals surface area contributed by atoms with Crippen molar-refractivity contribution in [3.63, 3.8) is 0 Å².